The summed E-state index contributed by atoms with van der Waals surface area (Å²) in [5.41, 5.74) is 3.80. The number of halogens is 1. The van der Waals surface area contributed by atoms with Crippen LogP contribution in [0.2, 0.25) is 0 Å². The van der Waals surface area contributed by atoms with Crippen molar-refractivity contribution in [3.8, 4) is 0 Å². The van der Waals surface area contributed by atoms with Crippen LogP contribution >= 0.6 is 15.9 Å². The molecule has 0 saturated carbocycles. The Kier molecular flexibility index (Phi) is 4.90. The van der Waals surface area contributed by atoms with Crippen molar-refractivity contribution < 1.29 is 4.79 Å². The lowest BCUT2D eigenvalue weighted by Crippen LogP contribution is -2.35. The summed E-state index contributed by atoms with van der Waals surface area (Å²) >= 11 is 3.70. The third kappa shape index (κ3) is 3.85. The number of benzene rings is 1. The largest absolute Gasteiger partial charge is 0.312 e. The van der Waals surface area contributed by atoms with Gasteiger partial charge in [0, 0.05) is 23.0 Å². The van der Waals surface area contributed by atoms with E-state index in [9.17, 15) is 4.79 Å². The Hall–Kier alpha value is -0.830. The number of hydrogen-bond acceptors (Lipinski definition) is 1. The first kappa shape index (κ1) is 15.6. The number of amides is 1. The molecule has 20 heavy (non-hydrogen) atoms. The Morgan fingerprint density at radius 3 is 2.80 bits per heavy atom. The van der Waals surface area contributed by atoms with Crippen molar-refractivity contribution in [2.75, 3.05) is 11.4 Å². The van der Waals surface area contributed by atoms with Gasteiger partial charge < -0.3 is 4.90 Å². The molecule has 1 aromatic rings. The van der Waals surface area contributed by atoms with E-state index in [0.717, 1.165) is 37.9 Å². The Morgan fingerprint density at radius 2 is 2.15 bits per heavy atom. The molecular weight excluding hydrogens is 314 g/mol. The van der Waals surface area contributed by atoms with Crippen LogP contribution in [0.4, 0.5) is 5.69 Å². The van der Waals surface area contributed by atoms with E-state index in [1.807, 2.05) is 4.90 Å². The van der Waals surface area contributed by atoms with Crippen molar-refractivity contribution in [2.24, 2.45) is 0 Å². The van der Waals surface area contributed by atoms with Gasteiger partial charge in [-0.3, -0.25) is 4.79 Å². The van der Waals surface area contributed by atoms with E-state index in [1.165, 1.54) is 11.1 Å². The average molecular weight is 338 g/mol. The van der Waals surface area contributed by atoms with Gasteiger partial charge in [-0.2, -0.15) is 0 Å². The average Bonchev–Trinajstić information content (AvgIpc) is 2.36. The highest BCUT2D eigenvalue weighted by Crippen LogP contribution is 2.31. The predicted octanol–water partition coefficient (Wildman–Crippen LogP) is 4.48. The van der Waals surface area contributed by atoms with E-state index in [0.29, 0.717) is 6.42 Å². The van der Waals surface area contributed by atoms with Crippen LogP contribution in [-0.2, 0) is 17.6 Å². The molecule has 3 heteroatoms. The number of aryl methyl sites for hydroxylation is 1. The van der Waals surface area contributed by atoms with Crippen molar-refractivity contribution in [3.63, 3.8) is 0 Å². The monoisotopic (exact) mass is 337 g/mol. The van der Waals surface area contributed by atoms with Crippen molar-refractivity contribution in [3.05, 3.63) is 29.3 Å². The molecule has 1 aliphatic rings. The third-order valence-corrected chi connectivity index (χ3v) is 3.93. The van der Waals surface area contributed by atoms with Crippen molar-refractivity contribution in [1.82, 2.24) is 0 Å². The molecule has 0 spiro atoms. The van der Waals surface area contributed by atoms with Gasteiger partial charge in [-0.1, -0.05) is 35.0 Å². The van der Waals surface area contributed by atoms with E-state index >= 15 is 0 Å². The Morgan fingerprint density at radius 1 is 1.40 bits per heavy atom. The Bertz CT molecular complexity index is 490. The third-order valence-electron chi connectivity index (χ3n) is 3.65. The topological polar surface area (TPSA) is 20.3 Å². The lowest BCUT2D eigenvalue weighted by Gasteiger charge is -2.30. The molecule has 2 rings (SSSR count). The molecule has 1 amide bonds. The van der Waals surface area contributed by atoms with Crippen LogP contribution in [0.1, 0.15) is 51.2 Å². The molecule has 2 nitrogen and oxygen atoms in total. The highest BCUT2D eigenvalue weighted by molar-refractivity contribution is 9.10. The summed E-state index contributed by atoms with van der Waals surface area (Å²) in [4.78, 5) is 14.2. The van der Waals surface area contributed by atoms with Crippen LogP contribution in [0.25, 0.3) is 0 Å². The normalized spacial score (nSPS) is 15.1. The fourth-order valence-corrected chi connectivity index (χ4v) is 3.18. The molecular formula is C17H24BrNO. The SMILES string of the molecule is CCCC(=O)N1CCCc2cc(CC(C)(C)Br)ccc21. The summed E-state index contributed by atoms with van der Waals surface area (Å²) in [5.74, 6) is 0.266. The van der Waals surface area contributed by atoms with Crippen LogP contribution in [0.5, 0.6) is 0 Å². The van der Waals surface area contributed by atoms with Crippen molar-refractivity contribution in [2.45, 2.75) is 57.2 Å². The molecule has 0 bridgehead atoms. The maximum absolute atomic E-state index is 12.2. The molecule has 0 aromatic heterocycles. The van der Waals surface area contributed by atoms with E-state index < -0.39 is 0 Å². The van der Waals surface area contributed by atoms with E-state index in [4.69, 9.17) is 0 Å². The van der Waals surface area contributed by atoms with Gasteiger partial charge in [0.25, 0.3) is 0 Å². The summed E-state index contributed by atoms with van der Waals surface area (Å²) in [6, 6.07) is 6.58. The van der Waals surface area contributed by atoms with Crippen LogP contribution in [-0.4, -0.2) is 16.8 Å². The Labute approximate surface area is 130 Å². The quantitative estimate of drug-likeness (QED) is 0.741. The lowest BCUT2D eigenvalue weighted by atomic mass is 9.95. The lowest BCUT2D eigenvalue weighted by molar-refractivity contribution is -0.118. The highest BCUT2D eigenvalue weighted by Gasteiger charge is 2.22. The van der Waals surface area contributed by atoms with Gasteiger partial charge in [-0.15, -0.1) is 0 Å². The zero-order chi connectivity index (χ0) is 14.8. The summed E-state index contributed by atoms with van der Waals surface area (Å²) in [7, 11) is 0. The van der Waals surface area contributed by atoms with Crippen LogP contribution in [0, 0.1) is 0 Å². The van der Waals surface area contributed by atoms with Gasteiger partial charge in [-0.05, 0) is 56.7 Å². The first-order chi connectivity index (χ1) is 9.40. The number of anilines is 1. The zero-order valence-corrected chi connectivity index (χ0v) is 14.3. The number of alkyl halides is 1. The van der Waals surface area contributed by atoms with Crippen LogP contribution < -0.4 is 4.90 Å². The molecule has 0 unspecified atom stereocenters. The summed E-state index contributed by atoms with van der Waals surface area (Å²) < 4.78 is 0.119. The standard InChI is InChI=1S/C17H24BrNO/c1-4-6-16(20)19-10-5-7-14-11-13(8-9-15(14)19)12-17(2,3)18/h8-9,11H,4-7,10,12H2,1-3H3. The van der Waals surface area contributed by atoms with Crippen LogP contribution in [0.3, 0.4) is 0 Å². The van der Waals surface area contributed by atoms with Gasteiger partial charge in [-0.25, -0.2) is 0 Å². The number of rotatable bonds is 4. The minimum atomic E-state index is 0.119. The Balaban J connectivity index is 2.24. The molecule has 0 N–H and O–H groups in total. The van der Waals surface area contributed by atoms with Gasteiger partial charge in [0.2, 0.25) is 5.91 Å². The molecule has 0 atom stereocenters. The van der Waals surface area contributed by atoms with E-state index in [-0.39, 0.29) is 10.2 Å². The predicted molar refractivity (Wildman–Crippen MR) is 88.7 cm³/mol. The molecule has 0 aliphatic carbocycles. The second-order valence-electron chi connectivity index (χ2n) is 6.26. The maximum Gasteiger partial charge on any atom is 0.226 e. The molecule has 1 heterocycles. The van der Waals surface area contributed by atoms with E-state index in [2.05, 4.69) is 54.9 Å². The van der Waals surface area contributed by atoms with Gasteiger partial charge in [0.1, 0.15) is 0 Å². The number of hydrogen-bond donors (Lipinski definition) is 0. The first-order valence-corrected chi connectivity index (χ1v) is 8.31. The van der Waals surface area contributed by atoms with Crippen molar-refractivity contribution in [1.29, 1.82) is 0 Å². The maximum atomic E-state index is 12.2. The molecule has 1 aromatic carbocycles. The van der Waals surface area contributed by atoms with E-state index in [1.54, 1.807) is 0 Å². The molecule has 0 saturated heterocycles. The highest BCUT2D eigenvalue weighted by atomic mass is 79.9. The van der Waals surface area contributed by atoms with Crippen LogP contribution in [0.15, 0.2) is 18.2 Å². The minimum absolute atomic E-state index is 0.119. The summed E-state index contributed by atoms with van der Waals surface area (Å²) in [6.45, 7) is 7.30. The molecule has 110 valence electrons. The number of carbonyl (C=O) groups excluding carboxylic acids is 1. The molecule has 0 fully saturated rings. The first-order valence-electron chi connectivity index (χ1n) is 7.52. The smallest absolute Gasteiger partial charge is 0.226 e. The molecule has 0 radical (unpaired) electrons. The summed E-state index contributed by atoms with van der Waals surface area (Å²) in [5, 5.41) is 0. The fourth-order valence-electron chi connectivity index (χ4n) is 2.85. The number of nitrogens with zero attached hydrogens (tertiary/aromatic N) is 1. The van der Waals surface area contributed by atoms with Gasteiger partial charge in [0.15, 0.2) is 0 Å². The second-order valence-corrected chi connectivity index (χ2v) is 8.40. The van der Waals surface area contributed by atoms with Gasteiger partial charge >= 0.3 is 0 Å². The number of fused-ring (bicyclic) bond motifs is 1. The summed E-state index contributed by atoms with van der Waals surface area (Å²) in [6.07, 6.45) is 4.73. The molecule has 1 aliphatic heterocycles. The second kappa shape index (κ2) is 6.30. The number of carbonyl (C=O) groups is 1. The minimum Gasteiger partial charge on any atom is -0.312 e. The van der Waals surface area contributed by atoms with Crippen molar-refractivity contribution >= 4 is 27.5 Å². The zero-order valence-electron chi connectivity index (χ0n) is 12.7. The fraction of sp³-hybridized carbons (Fsp3) is 0.588. The van der Waals surface area contributed by atoms with Gasteiger partial charge in [0.05, 0.1) is 0 Å².